The van der Waals surface area contributed by atoms with Gasteiger partial charge in [-0.25, -0.2) is 5.01 Å². The van der Waals surface area contributed by atoms with E-state index < -0.39 is 0 Å². The van der Waals surface area contributed by atoms with Crippen molar-refractivity contribution in [2.24, 2.45) is 11.8 Å². The van der Waals surface area contributed by atoms with Crippen LogP contribution in [0.2, 0.25) is 0 Å². The molecule has 1 saturated carbocycles. The summed E-state index contributed by atoms with van der Waals surface area (Å²) >= 11 is 0. The number of rotatable bonds is 4. The number of amides is 1. The van der Waals surface area contributed by atoms with Crippen LogP contribution in [-0.4, -0.2) is 47.1 Å². The minimum atomic E-state index is -0.238. The molecule has 3 atom stereocenters. The third-order valence-corrected chi connectivity index (χ3v) is 5.70. The van der Waals surface area contributed by atoms with Gasteiger partial charge in [-0.15, -0.1) is 0 Å². The first kappa shape index (κ1) is 15.8. The minimum Gasteiger partial charge on any atom is -0.466 e. The number of carbonyl (C=O) groups excluding carboxylic acids is 2. The molecule has 0 aromatic heterocycles. The third-order valence-electron chi connectivity index (χ3n) is 5.70. The van der Waals surface area contributed by atoms with Gasteiger partial charge in [-0.1, -0.05) is 19.3 Å². The fourth-order valence-corrected chi connectivity index (χ4v) is 4.55. The fourth-order valence-electron chi connectivity index (χ4n) is 4.55. The molecule has 3 rings (SSSR count). The van der Waals surface area contributed by atoms with Crippen molar-refractivity contribution in [3.8, 4) is 0 Å². The van der Waals surface area contributed by atoms with E-state index in [-0.39, 0.29) is 23.8 Å². The number of hydrazine groups is 1. The number of esters is 1. The maximum Gasteiger partial charge on any atom is 0.310 e. The maximum absolute atomic E-state index is 12.3. The van der Waals surface area contributed by atoms with Gasteiger partial charge >= 0.3 is 5.97 Å². The zero-order chi connectivity index (χ0) is 15.7. The van der Waals surface area contributed by atoms with Crippen molar-refractivity contribution in [2.75, 3.05) is 13.2 Å². The summed E-state index contributed by atoms with van der Waals surface area (Å²) in [5.74, 6) is 0.454. The third kappa shape index (κ3) is 2.75. The van der Waals surface area contributed by atoms with Crippen molar-refractivity contribution in [2.45, 2.75) is 70.9 Å². The van der Waals surface area contributed by atoms with Crippen LogP contribution >= 0.6 is 0 Å². The zero-order valence-corrected chi connectivity index (χ0v) is 13.8. The van der Waals surface area contributed by atoms with Crippen molar-refractivity contribution < 1.29 is 14.3 Å². The highest BCUT2D eigenvalue weighted by molar-refractivity contribution is 5.80. The number of fused-ring (bicyclic) bond motifs is 1. The minimum absolute atomic E-state index is 0.0130. The highest BCUT2D eigenvalue weighted by Gasteiger charge is 2.51. The molecule has 124 valence electrons. The van der Waals surface area contributed by atoms with Gasteiger partial charge in [0.2, 0.25) is 5.91 Å². The predicted molar refractivity (Wildman–Crippen MR) is 82.7 cm³/mol. The van der Waals surface area contributed by atoms with E-state index in [0.717, 1.165) is 13.0 Å². The number of nitrogens with zero attached hydrogens (tertiary/aromatic N) is 2. The summed E-state index contributed by atoms with van der Waals surface area (Å²) in [4.78, 5) is 24.4. The molecule has 2 heterocycles. The van der Waals surface area contributed by atoms with Crippen LogP contribution in [0.1, 0.15) is 58.8 Å². The average Bonchev–Trinajstić information content (AvgIpc) is 3.09. The molecule has 0 radical (unpaired) electrons. The molecule has 5 heteroatoms. The average molecular weight is 308 g/mol. The Morgan fingerprint density at radius 3 is 2.73 bits per heavy atom. The second-order valence-electron chi connectivity index (χ2n) is 6.96. The van der Waals surface area contributed by atoms with Crippen LogP contribution < -0.4 is 0 Å². The Labute approximate surface area is 132 Å². The van der Waals surface area contributed by atoms with E-state index in [2.05, 4.69) is 5.01 Å². The van der Waals surface area contributed by atoms with Gasteiger partial charge in [0.05, 0.1) is 18.6 Å². The highest BCUT2D eigenvalue weighted by atomic mass is 16.5. The molecular formula is C17H28N2O3. The van der Waals surface area contributed by atoms with Crippen molar-refractivity contribution in [1.29, 1.82) is 0 Å². The normalized spacial score (nSPS) is 31.4. The molecule has 0 N–H and O–H groups in total. The second kappa shape index (κ2) is 6.57. The standard InChI is InChI=1S/C17H28N2O3/c1-3-22-17(21)12(2)14-11-15(13-7-5-4-6-8-13)18-10-9-16(20)19(14)18/h12-15H,3-11H2,1-2H3/t12?,14-,15+/m0/s1. The Morgan fingerprint density at radius 1 is 1.32 bits per heavy atom. The molecule has 22 heavy (non-hydrogen) atoms. The molecule has 0 aromatic carbocycles. The molecule has 3 aliphatic rings. The summed E-state index contributed by atoms with van der Waals surface area (Å²) in [6, 6.07) is 0.426. The van der Waals surface area contributed by atoms with Gasteiger partial charge in [-0.05, 0) is 39.0 Å². The van der Waals surface area contributed by atoms with Crippen molar-refractivity contribution in [1.82, 2.24) is 10.0 Å². The summed E-state index contributed by atoms with van der Waals surface area (Å²) in [5.41, 5.74) is 0. The Balaban J connectivity index is 1.76. The first-order valence-electron chi connectivity index (χ1n) is 8.88. The van der Waals surface area contributed by atoms with Crippen LogP contribution in [0.4, 0.5) is 0 Å². The van der Waals surface area contributed by atoms with E-state index in [1.165, 1.54) is 32.1 Å². The monoisotopic (exact) mass is 308 g/mol. The van der Waals surface area contributed by atoms with Gasteiger partial charge in [0.1, 0.15) is 0 Å². The molecule has 0 bridgehead atoms. The van der Waals surface area contributed by atoms with Crippen LogP contribution in [0.3, 0.4) is 0 Å². The summed E-state index contributed by atoms with van der Waals surface area (Å²) in [6.07, 6.45) is 8.01. The number of hydrogen-bond donors (Lipinski definition) is 0. The molecule has 0 spiro atoms. The summed E-state index contributed by atoms with van der Waals surface area (Å²) in [6.45, 7) is 4.97. The molecular weight excluding hydrogens is 280 g/mol. The van der Waals surface area contributed by atoms with E-state index in [1.54, 1.807) is 0 Å². The lowest BCUT2D eigenvalue weighted by Gasteiger charge is -2.34. The Kier molecular flexibility index (Phi) is 4.71. The van der Waals surface area contributed by atoms with Gasteiger partial charge in [0.25, 0.3) is 0 Å². The van der Waals surface area contributed by atoms with E-state index >= 15 is 0 Å². The topological polar surface area (TPSA) is 49.9 Å². The second-order valence-corrected chi connectivity index (χ2v) is 6.96. The first-order valence-corrected chi connectivity index (χ1v) is 8.88. The van der Waals surface area contributed by atoms with Crippen LogP contribution in [-0.2, 0) is 14.3 Å². The quantitative estimate of drug-likeness (QED) is 0.748. The van der Waals surface area contributed by atoms with E-state index in [4.69, 9.17) is 4.74 Å². The smallest absolute Gasteiger partial charge is 0.310 e. The Morgan fingerprint density at radius 2 is 2.05 bits per heavy atom. The van der Waals surface area contributed by atoms with Crippen molar-refractivity contribution >= 4 is 11.9 Å². The van der Waals surface area contributed by atoms with E-state index in [1.807, 2.05) is 18.9 Å². The molecule has 3 fully saturated rings. The van der Waals surface area contributed by atoms with Gasteiger partial charge in [0, 0.05) is 19.0 Å². The lowest BCUT2D eigenvalue weighted by Crippen LogP contribution is -2.45. The fraction of sp³-hybridized carbons (Fsp3) is 0.882. The summed E-state index contributed by atoms with van der Waals surface area (Å²) in [5, 5.41) is 4.18. The van der Waals surface area contributed by atoms with Crippen LogP contribution in [0.15, 0.2) is 0 Å². The van der Waals surface area contributed by atoms with Crippen LogP contribution in [0, 0.1) is 11.8 Å². The van der Waals surface area contributed by atoms with Gasteiger partial charge in [-0.3, -0.25) is 14.6 Å². The first-order chi connectivity index (χ1) is 10.6. The van der Waals surface area contributed by atoms with Gasteiger partial charge < -0.3 is 4.74 Å². The molecule has 5 nitrogen and oxygen atoms in total. The van der Waals surface area contributed by atoms with Gasteiger partial charge in [0.15, 0.2) is 0 Å². The summed E-state index contributed by atoms with van der Waals surface area (Å²) in [7, 11) is 0. The van der Waals surface area contributed by atoms with Crippen LogP contribution in [0.25, 0.3) is 0 Å². The molecule has 1 amide bonds. The summed E-state index contributed by atoms with van der Waals surface area (Å²) < 4.78 is 5.19. The van der Waals surface area contributed by atoms with E-state index in [9.17, 15) is 9.59 Å². The van der Waals surface area contributed by atoms with E-state index in [0.29, 0.717) is 25.0 Å². The number of carbonyl (C=O) groups is 2. The maximum atomic E-state index is 12.3. The van der Waals surface area contributed by atoms with Gasteiger partial charge in [-0.2, -0.15) is 0 Å². The Bertz CT molecular complexity index is 434. The predicted octanol–water partition coefficient (Wildman–Crippen LogP) is 2.36. The number of hydrogen-bond acceptors (Lipinski definition) is 4. The lowest BCUT2D eigenvalue weighted by molar-refractivity contribution is -0.153. The molecule has 1 aliphatic carbocycles. The van der Waals surface area contributed by atoms with Crippen molar-refractivity contribution in [3.05, 3.63) is 0 Å². The lowest BCUT2D eigenvalue weighted by atomic mass is 9.81. The Hall–Kier alpha value is -1.10. The molecule has 1 unspecified atom stereocenters. The van der Waals surface area contributed by atoms with Crippen molar-refractivity contribution in [3.63, 3.8) is 0 Å². The van der Waals surface area contributed by atoms with Crippen LogP contribution in [0.5, 0.6) is 0 Å². The molecule has 2 aliphatic heterocycles. The number of ether oxygens (including phenoxy) is 1. The highest BCUT2D eigenvalue weighted by Crippen LogP contribution is 2.41. The molecule has 2 saturated heterocycles. The molecule has 0 aromatic rings. The largest absolute Gasteiger partial charge is 0.466 e. The zero-order valence-electron chi connectivity index (χ0n) is 13.8. The SMILES string of the molecule is CCOC(=O)C(C)[C@@H]1C[C@H](C2CCCCC2)N2CCC(=O)N12.